The Hall–Kier alpha value is -2.18. The molecule has 0 bridgehead atoms. The number of carbonyl (C=O) groups excluding carboxylic acids is 2. The van der Waals surface area contributed by atoms with Crippen LogP contribution in [0.4, 0.5) is 11.4 Å². The van der Waals surface area contributed by atoms with E-state index in [-0.39, 0.29) is 5.91 Å². The van der Waals surface area contributed by atoms with E-state index in [1.165, 1.54) is 0 Å². The lowest BCUT2D eigenvalue weighted by atomic mass is 9.78. The Labute approximate surface area is 140 Å². The summed E-state index contributed by atoms with van der Waals surface area (Å²) in [5.74, 6) is -1.95. The van der Waals surface area contributed by atoms with Crippen molar-refractivity contribution in [3.05, 3.63) is 57.6 Å². The van der Waals surface area contributed by atoms with Crippen LogP contribution in [-0.4, -0.2) is 16.9 Å². The fourth-order valence-corrected chi connectivity index (χ4v) is 3.73. The van der Waals surface area contributed by atoms with Crippen LogP contribution >= 0.6 is 15.9 Å². The molecule has 23 heavy (non-hydrogen) atoms. The summed E-state index contributed by atoms with van der Waals surface area (Å²) in [6, 6.07) is 10.7. The highest BCUT2D eigenvalue weighted by molar-refractivity contribution is 9.10. The number of fused-ring (bicyclic) bond motifs is 2. The van der Waals surface area contributed by atoms with E-state index in [1.54, 1.807) is 30.3 Å². The van der Waals surface area contributed by atoms with Gasteiger partial charge in [0.15, 0.2) is 5.60 Å². The zero-order chi connectivity index (χ0) is 16.4. The SMILES string of the molecule is Cc1ccc2c(c1)[C@@](O)([C@@H]1C(=O)Nc3ccc(Br)cc31)C(=O)N2. The minimum absolute atomic E-state index is 0.384. The average Bonchev–Trinajstić information content (AvgIpc) is 2.95. The predicted octanol–water partition coefficient (Wildman–Crippen LogP) is 2.63. The smallest absolute Gasteiger partial charge is 0.262 e. The van der Waals surface area contributed by atoms with Gasteiger partial charge in [-0.25, -0.2) is 0 Å². The summed E-state index contributed by atoms with van der Waals surface area (Å²) in [6.45, 7) is 1.88. The maximum Gasteiger partial charge on any atom is 0.262 e. The second-order valence-electron chi connectivity index (χ2n) is 5.92. The van der Waals surface area contributed by atoms with E-state index in [0.717, 1.165) is 10.0 Å². The molecule has 0 aliphatic carbocycles. The van der Waals surface area contributed by atoms with Gasteiger partial charge in [0.2, 0.25) is 5.91 Å². The molecule has 6 heteroatoms. The maximum absolute atomic E-state index is 12.5. The molecule has 0 saturated carbocycles. The van der Waals surface area contributed by atoms with Gasteiger partial charge in [-0.05, 0) is 36.8 Å². The first-order valence-electron chi connectivity index (χ1n) is 7.16. The zero-order valence-electron chi connectivity index (χ0n) is 12.2. The van der Waals surface area contributed by atoms with Crippen LogP contribution in [0.2, 0.25) is 0 Å². The first-order chi connectivity index (χ1) is 10.9. The van der Waals surface area contributed by atoms with Gasteiger partial charge in [-0.1, -0.05) is 33.6 Å². The van der Waals surface area contributed by atoms with E-state index in [2.05, 4.69) is 26.6 Å². The minimum atomic E-state index is -1.92. The molecule has 0 fully saturated rings. The van der Waals surface area contributed by atoms with Gasteiger partial charge in [0, 0.05) is 21.4 Å². The molecule has 0 spiro atoms. The van der Waals surface area contributed by atoms with Gasteiger partial charge in [-0.2, -0.15) is 0 Å². The highest BCUT2D eigenvalue weighted by atomic mass is 79.9. The Morgan fingerprint density at radius 1 is 1.09 bits per heavy atom. The van der Waals surface area contributed by atoms with Crippen molar-refractivity contribution in [3.8, 4) is 0 Å². The minimum Gasteiger partial charge on any atom is -0.374 e. The summed E-state index contributed by atoms with van der Waals surface area (Å²) in [5.41, 5.74) is 1.19. The monoisotopic (exact) mass is 372 g/mol. The maximum atomic E-state index is 12.5. The molecule has 4 rings (SSSR count). The van der Waals surface area contributed by atoms with Gasteiger partial charge in [0.1, 0.15) is 5.92 Å². The molecular formula is C17H13BrN2O3. The molecule has 116 valence electrons. The van der Waals surface area contributed by atoms with Gasteiger partial charge in [0.05, 0.1) is 0 Å². The number of carbonyl (C=O) groups is 2. The van der Waals surface area contributed by atoms with Crippen LogP contribution in [-0.2, 0) is 15.2 Å². The summed E-state index contributed by atoms with van der Waals surface area (Å²) in [6.07, 6.45) is 0. The second kappa shape index (κ2) is 4.66. The lowest BCUT2D eigenvalue weighted by Crippen LogP contribution is -2.43. The molecular weight excluding hydrogens is 360 g/mol. The molecule has 0 aromatic heterocycles. The topological polar surface area (TPSA) is 78.4 Å². The number of aliphatic hydroxyl groups is 1. The number of rotatable bonds is 1. The Balaban J connectivity index is 1.95. The Morgan fingerprint density at radius 3 is 2.61 bits per heavy atom. The molecule has 0 saturated heterocycles. The number of halogens is 1. The van der Waals surface area contributed by atoms with Crippen molar-refractivity contribution in [3.63, 3.8) is 0 Å². The van der Waals surface area contributed by atoms with E-state index in [4.69, 9.17) is 0 Å². The third-order valence-corrected chi connectivity index (χ3v) is 4.94. The normalized spacial score (nSPS) is 24.9. The summed E-state index contributed by atoms with van der Waals surface area (Å²) < 4.78 is 0.782. The number of anilines is 2. The van der Waals surface area contributed by atoms with Crippen molar-refractivity contribution >= 4 is 39.1 Å². The number of amides is 2. The molecule has 2 atom stereocenters. The predicted molar refractivity (Wildman–Crippen MR) is 89.2 cm³/mol. The van der Waals surface area contributed by atoms with Crippen LogP contribution in [0.3, 0.4) is 0 Å². The number of nitrogens with one attached hydrogen (secondary N) is 2. The fraction of sp³-hybridized carbons (Fsp3) is 0.176. The third kappa shape index (κ3) is 1.88. The Bertz CT molecular complexity index is 880. The van der Waals surface area contributed by atoms with E-state index >= 15 is 0 Å². The summed E-state index contributed by atoms with van der Waals surface area (Å²) >= 11 is 3.38. The first-order valence-corrected chi connectivity index (χ1v) is 7.96. The van der Waals surface area contributed by atoms with Crippen LogP contribution in [0.5, 0.6) is 0 Å². The lowest BCUT2D eigenvalue weighted by molar-refractivity contribution is -0.141. The van der Waals surface area contributed by atoms with E-state index in [1.807, 2.05) is 13.0 Å². The summed E-state index contributed by atoms with van der Waals surface area (Å²) in [4.78, 5) is 25.0. The molecule has 0 radical (unpaired) electrons. The van der Waals surface area contributed by atoms with E-state index in [0.29, 0.717) is 22.5 Å². The van der Waals surface area contributed by atoms with Crippen LogP contribution < -0.4 is 10.6 Å². The molecule has 3 N–H and O–H groups in total. The average molecular weight is 373 g/mol. The Morgan fingerprint density at radius 2 is 1.83 bits per heavy atom. The molecule has 2 aliphatic heterocycles. The molecule has 5 nitrogen and oxygen atoms in total. The second-order valence-corrected chi connectivity index (χ2v) is 6.84. The molecule has 2 aliphatic rings. The van der Waals surface area contributed by atoms with Crippen LogP contribution in [0.1, 0.15) is 22.6 Å². The largest absolute Gasteiger partial charge is 0.374 e. The fourth-order valence-electron chi connectivity index (χ4n) is 3.36. The van der Waals surface area contributed by atoms with Gasteiger partial charge < -0.3 is 15.7 Å². The molecule has 2 aromatic carbocycles. The molecule has 2 amide bonds. The van der Waals surface area contributed by atoms with E-state index in [9.17, 15) is 14.7 Å². The summed E-state index contributed by atoms with van der Waals surface area (Å²) in [5, 5.41) is 16.7. The van der Waals surface area contributed by atoms with Crippen molar-refractivity contribution < 1.29 is 14.7 Å². The molecule has 2 heterocycles. The highest BCUT2D eigenvalue weighted by Crippen LogP contribution is 2.50. The van der Waals surface area contributed by atoms with Crippen molar-refractivity contribution in [2.45, 2.75) is 18.4 Å². The Kier molecular flexibility index (Phi) is 2.92. The van der Waals surface area contributed by atoms with Gasteiger partial charge >= 0.3 is 0 Å². The lowest BCUT2D eigenvalue weighted by Gasteiger charge is -2.27. The van der Waals surface area contributed by atoms with Gasteiger partial charge in [-0.15, -0.1) is 0 Å². The third-order valence-electron chi connectivity index (χ3n) is 4.44. The number of aryl methyl sites for hydroxylation is 1. The van der Waals surface area contributed by atoms with E-state index < -0.39 is 17.4 Å². The summed E-state index contributed by atoms with van der Waals surface area (Å²) in [7, 11) is 0. The van der Waals surface area contributed by atoms with Crippen molar-refractivity contribution in [1.82, 2.24) is 0 Å². The molecule has 2 aromatic rings. The zero-order valence-corrected chi connectivity index (χ0v) is 13.8. The molecule has 0 unspecified atom stereocenters. The standard InChI is InChI=1S/C17H13BrN2O3/c1-8-2-4-13-11(6-8)17(23,16(22)20-13)14-10-7-9(18)3-5-12(10)19-15(14)21/h2-7,14,23H,1H3,(H,19,21)(H,20,22)/t14-,17+/m0/s1. The van der Waals surface area contributed by atoms with Gasteiger partial charge in [-0.3, -0.25) is 9.59 Å². The number of hydrogen-bond acceptors (Lipinski definition) is 3. The number of benzene rings is 2. The van der Waals surface area contributed by atoms with Crippen molar-refractivity contribution in [2.75, 3.05) is 10.6 Å². The first kappa shape index (κ1) is 14.4. The number of hydrogen-bond donors (Lipinski definition) is 3. The van der Waals surface area contributed by atoms with Crippen LogP contribution in [0.15, 0.2) is 40.9 Å². The quantitative estimate of drug-likeness (QED) is 0.719. The van der Waals surface area contributed by atoms with Crippen molar-refractivity contribution in [2.24, 2.45) is 0 Å². The highest BCUT2D eigenvalue weighted by Gasteiger charge is 2.57. The van der Waals surface area contributed by atoms with Crippen LogP contribution in [0, 0.1) is 6.92 Å². The van der Waals surface area contributed by atoms with Crippen LogP contribution in [0.25, 0.3) is 0 Å². The van der Waals surface area contributed by atoms with Gasteiger partial charge in [0.25, 0.3) is 5.91 Å². The van der Waals surface area contributed by atoms with Crippen molar-refractivity contribution in [1.29, 1.82) is 0 Å².